The van der Waals surface area contributed by atoms with Crippen LogP contribution in [-0.4, -0.2) is 20.7 Å². The van der Waals surface area contributed by atoms with Crippen LogP contribution in [0, 0.1) is 5.82 Å². The molecule has 0 bridgehead atoms. The zero-order valence-corrected chi connectivity index (χ0v) is 14.6. The summed E-state index contributed by atoms with van der Waals surface area (Å²) in [4.78, 5) is 12.4. The van der Waals surface area contributed by atoms with Gasteiger partial charge >= 0.3 is 0 Å². The minimum atomic E-state index is -0.398. The van der Waals surface area contributed by atoms with Crippen molar-refractivity contribution >= 4 is 22.5 Å². The van der Waals surface area contributed by atoms with Crippen molar-refractivity contribution in [3.8, 4) is 11.5 Å². The maximum Gasteiger partial charge on any atom is 0.249 e. The second-order valence-electron chi connectivity index (χ2n) is 6.10. The lowest BCUT2D eigenvalue weighted by Crippen LogP contribution is -2.18. The van der Waals surface area contributed by atoms with Gasteiger partial charge in [-0.1, -0.05) is 31.2 Å². The SMILES string of the molecule is CCc1nnc(-c2cn(CC(=O)Nc3cccc(F)c3)c3ccccc23)o1. The Bertz CT molecular complexity index is 1120. The fourth-order valence-corrected chi connectivity index (χ4v) is 2.97. The van der Waals surface area contributed by atoms with Gasteiger partial charge in [-0.3, -0.25) is 4.79 Å². The summed E-state index contributed by atoms with van der Waals surface area (Å²) in [5.74, 6) is 0.329. The number of nitrogens with one attached hydrogen (secondary N) is 1. The summed E-state index contributed by atoms with van der Waals surface area (Å²) in [5.41, 5.74) is 2.07. The number of aryl methyl sites for hydroxylation is 1. The van der Waals surface area contributed by atoms with Crippen LogP contribution in [0.5, 0.6) is 0 Å². The number of hydrogen-bond acceptors (Lipinski definition) is 4. The second kappa shape index (κ2) is 7.03. The number of halogens is 1. The first-order chi connectivity index (χ1) is 13.1. The summed E-state index contributed by atoms with van der Waals surface area (Å²) < 4.78 is 20.8. The number of aromatic nitrogens is 3. The number of fused-ring (bicyclic) bond motifs is 1. The maximum absolute atomic E-state index is 13.3. The molecule has 0 aliphatic rings. The molecule has 0 spiro atoms. The van der Waals surface area contributed by atoms with Crippen LogP contribution in [0.2, 0.25) is 0 Å². The molecule has 0 unspecified atom stereocenters. The molecule has 27 heavy (non-hydrogen) atoms. The van der Waals surface area contributed by atoms with E-state index >= 15 is 0 Å². The van der Waals surface area contributed by atoms with Crippen molar-refractivity contribution in [3.05, 3.63) is 66.4 Å². The van der Waals surface area contributed by atoms with Crippen LogP contribution in [0.25, 0.3) is 22.4 Å². The Balaban J connectivity index is 1.65. The van der Waals surface area contributed by atoms with E-state index in [1.54, 1.807) is 12.1 Å². The van der Waals surface area contributed by atoms with Gasteiger partial charge < -0.3 is 14.3 Å². The van der Waals surface area contributed by atoms with Crippen LogP contribution < -0.4 is 5.32 Å². The third-order valence-corrected chi connectivity index (χ3v) is 4.21. The number of para-hydroxylation sites is 1. The predicted octanol–water partition coefficient (Wildman–Crippen LogP) is 4.03. The number of rotatable bonds is 5. The van der Waals surface area contributed by atoms with Crippen molar-refractivity contribution in [1.29, 1.82) is 0 Å². The van der Waals surface area contributed by atoms with Gasteiger partial charge in [-0.25, -0.2) is 4.39 Å². The summed E-state index contributed by atoms with van der Waals surface area (Å²) in [6.07, 6.45) is 2.48. The molecule has 0 saturated carbocycles. The molecule has 2 heterocycles. The van der Waals surface area contributed by atoms with E-state index in [2.05, 4.69) is 15.5 Å². The van der Waals surface area contributed by atoms with Gasteiger partial charge in [0.1, 0.15) is 12.4 Å². The van der Waals surface area contributed by atoms with Crippen molar-refractivity contribution < 1.29 is 13.6 Å². The zero-order chi connectivity index (χ0) is 18.8. The fourth-order valence-electron chi connectivity index (χ4n) is 2.97. The molecule has 0 aliphatic carbocycles. The lowest BCUT2D eigenvalue weighted by atomic mass is 10.2. The van der Waals surface area contributed by atoms with Gasteiger partial charge in [0.15, 0.2) is 0 Å². The molecule has 1 amide bonds. The van der Waals surface area contributed by atoms with Crippen molar-refractivity contribution in [2.75, 3.05) is 5.32 Å². The molecule has 0 aliphatic heterocycles. The predicted molar refractivity (Wildman–Crippen MR) is 99.6 cm³/mol. The molecule has 4 aromatic rings. The molecule has 0 saturated heterocycles. The average molecular weight is 364 g/mol. The number of hydrogen-bond donors (Lipinski definition) is 1. The number of amides is 1. The highest BCUT2D eigenvalue weighted by Gasteiger charge is 2.16. The standard InChI is InChI=1S/C20H17FN4O2/c1-2-19-23-24-20(27-19)16-11-25(17-9-4-3-8-15(16)17)12-18(26)22-14-7-5-6-13(21)10-14/h3-11H,2,12H2,1H3,(H,22,26). The van der Waals surface area contributed by atoms with Gasteiger partial charge in [-0.15, -0.1) is 10.2 Å². The van der Waals surface area contributed by atoms with E-state index in [0.29, 0.717) is 23.9 Å². The van der Waals surface area contributed by atoms with E-state index in [-0.39, 0.29) is 12.5 Å². The lowest BCUT2D eigenvalue weighted by molar-refractivity contribution is -0.116. The van der Waals surface area contributed by atoms with E-state index in [0.717, 1.165) is 16.5 Å². The minimum Gasteiger partial charge on any atom is -0.421 e. The summed E-state index contributed by atoms with van der Waals surface area (Å²) in [6, 6.07) is 13.5. The Labute approximate surface area is 154 Å². The van der Waals surface area contributed by atoms with E-state index < -0.39 is 5.82 Å². The number of anilines is 1. The smallest absolute Gasteiger partial charge is 0.249 e. The van der Waals surface area contributed by atoms with E-state index in [4.69, 9.17) is 4.42 Å². The number of carbonyl (C=O) groups excluding carboxylic acids is 1. The highest BCUT2D eigenvalue weighted by atomic mass is 19.1. The first-order valence-electron chi connectivity index (χ1n) is 8.60. The van der Waals surface area contributed by atoms with E-state index in [1.165, 1.54) is 12.1 Å². The van der Waals surface area contributed by atoms with E-state index in [9.17, 15) is 9.18 Å². The van der Waals surface area contributed by atoms with Gasteiger partial charge in [0.05, 0.1) is 5.56 Å². The molecule has 2 aromatic carbocycles. The van der Waals surface area contributed by atoms with E-state index in [1.807, 2.05) is 42.0 Å². The monoisotopic (exact) mass is 364 g/mol. The molecule has 6 nitrogen and oxygen atoms in total. The number of benzene rings is 2. The van der Waals surface area contributed by atoms with Gasteiger partial charge in [0.2, 0.25) is 17.7 Å². The lowest BCUT2D eigenvalue weighted by Gasteiger charge is -2.07. The summed E-state index contributed by atoms with van der Waals surface area (Å²) in [6.45, 7) is 2.02. The molecule has 0 atom stereocenters. The Kier molecular flexibility index (Phi) is 4.42. The molecule has 4 rings (SSSR count). The molecule has 136 valence electrons. The topological polar surface area (TPSA) is 73.0 Å². The fraction of sp³-hybridized carbons (Fsp3) is 0.150. The molecule has 0 radical (unpaired) electrons. The number of nitrogens with zero attached hydrogens (tertiary/aromatic N) is 3. The first-order valence-corrected chi connectivity index (χ1v) is 8.60. The van der Waals surface area contributed by atoms with Crippen LogP contribution in [0.3, 0.4) is 0 Å². The molecular formula is C20H17FN4O2. The summed E-state index contributed by atoms with van der Waals surface area (Å²) in [5, 5.41) is 11.7. The zero-order valence-electron chi connectivity index (χ0n) is 14.6. The molecule has 0 fully saturated rings. The summed E-state index contributed by atoms with van der Waals surface area (Å²) in [7, 11) is 0. The third-order valence-electron chi connectivity index (χ3n) is 4.21. The normalized spacial score (nSPS) is 11.0. The quantitative estimate of drug-likeness (QED) is 0.580. The molecule has 2 aromatic heterocycles. The van der Waals surface area contributed by atoms with Gasteiger partial charge in [-0.05, 0) is 24.3 Å². The van der Waals surface area contributed by atoms with Crippen LogP contribution in [0.1, 0.15) is 12.8 Å². The van der Waals surface area contributed by atoms with Crippen LogP contribution in [0.4, 0.5) is 10.1 Å². The van der Waals surface area contributed by atoms with Crippen molar-refractivity contribution in [2.45, 2.75) is 19.9 Å². The number of carbonyl (C=O) groups is 1. The third kappa shape index (κ3) is 3.44. The Hall–Kier alpha value is -3.48. The van der Waals surface area contributed by atoms with Gasteiger partial charge in [0.25, 0.3) is 0 Å². The van der Waals surface area contributed by atoms with Crippen LogP contribution in [-0.2, 0) is 17.8 Å². The molecule has 7 heteroatoms. The molecule has 1 N–H and O–H groups in total. The second-order valence-corrected chi connectivity index (χ2v) is 6.10. The van der Waals surface area contributed by atoms with Crippen molar-refractivity contribution in [3.63, 3.8) is 0 Å². The Morgan fingerprint density at radius 1 is 1.19 bits per heavy atom. The van der Waals surface area contributed by atoms with Gasteiger partial charge in [0, 0.05) is 29.2 Å². The van der Waals surface area contributed by atoms with Gasteiger partial charge in [-0.2, -0.15) is 0 Å². The maximum atomic E-state index is 13.3. The molecular weight excluding hydrogens is 347 g/mol. The highest BCUT2D eigenvalue weighted by Crippen LogP contribution is 2.30. The first kappa shape index (κ1) is 17.0. The minimum absolute atomic E-state index is 0.0752. The highest BCUT2D eigenvalue weighted by molar-refractivity contribution is 5.96. The Morgan fingerprint density at radius 2 is 2.04 bits per heavy atom. The average Bonchev–Trinajstić information content (AvgIpc) is 3.27. The Morgan fingerprint density at radius 3 is 2.81 bits per heavy atom. The van der Waals surface area contributed by atoms with Crippen molar-refractivity contribution in [2.24, 2.45) is 0 Å². The van der Waals surface area contributed by atoms with Crippen LogP contribution >= 0.6 is 0 Å². The largest absolute Gasteiger partial charge is 0.421 e. The summed E-state index contributed by atoms with van der Waals surface area (Å²) >= 11 is 0. The van der Waals surface area contributed by atoms with Crippen LogP contribution in [0.15, 0.2) is 59.1 Å². The van der Waals surface area contributed by atoms with Crippen molar-refractivity contribution in [1.82, 2.24) is 14.8 Å².